The quantitative estimate of drug-likeness (QED) is 0.850. The highest BCUT2D eigenvalue weighted by Crippen LogP contribution is 2.21. The Kier molecular flexibility index (Phi) is 3.08. The second-order valence-corrected chi connectivity index (χ2v) is 4.49. The van der Waals surface area contributed by atoms with Crippen molar-refractivity contribution < 1.29 is 0 Å². The van der Waals surface area contributed by atoms with Crippen molar-refractivity contribution in [3.8, 4) is 11.6 Å². The van der Waals surface area contributed by atoms with Crippen LogP contribution in [0.3, 0.4) is 0 Å². The van der Waals surface area contributed by atoms with E-state index in [1.54, 1.807) is 6.20 Å². The Morgan fingerprint density at radius 3 is 2.75 bits per heavy atom. The van der Waals surface area contributed by atoms with Crippen molar-refractivity contribution in [3.63, 3.8) is 0 Å². The van der Waals surface area contributed by atoms with Crippen molar-refractivity contribution in [2.24, 2.45) is 7.05 Å². The van der Waals surface area contributed by atoms with E-state index in [9.17, 15) is 0 Å². The molecule has 0 fully saturated rings. The summed E-state index contributed by atoms with van der Waals surface area (Å²) in [5, 5.41) is 0. The average molecular weight is 329 g/mol. The lowest BCUT2D eigenvalue weighted by atomic mass is 10.3. The number of rotatable bonds is 2. The van der Waals surface area contributed by atoms with Crippen LogP contribution in [0.5, 0.6) is 0 Å². The van der Waals surface area contributed by atoms with Crippen LogP contribution in [0.25, 0.3) is 11.6 Å². The number of anilines is 1. The maximum Gasteiger partial charge on any atom is 0.198 e. The van der Waals surface area contributed by atoms with Gasteiger partial charge in [-0.3, -0.25) is 0 Å². The first-order chi connectivity index (χ1) is 7.63. The zero-order valence-corrected chi connectivity index (χ0v) is 11.3. The summed E-state index contributed by atoms with van der Waals surface area (Å²) in [5.41, 5.74) is 6.82. The SMILES string of the molecule is CCc1nc(-c2nccn2C)nc(N)c1I. The van der Waals surface area contributed by atoms with E-state index in [1.807, 2.05) is 24.7 Å². The number of hydrogen-bond acceptors (Lipinski definition) is 4. The molecule has 0 spiro atoms. The van der Waals surface area contributed by atoms with E-state index in [1.165, 1.54) is 0 Å². The molecule has 2 heterocycles. The number of nitrogens with two attached hydrogens (primary N) is 1. The third kappa shape index (κ3) is 1.89. The largest absolute Gasteiger partial charge is 0.383 e. The van der Waals surface area contributed by atoms with E-state index in [2.05, 4.69) is 37.5 Å². The van der Waals surface area contributed by atoms with Gasteiger partial charge in [0.05, 0.1) is 9.26 Å². The monoisotopic (exact) mass is 329 g/mol. The fraction of sp³-hybridized carbons (Fsp3) is 0.300. The highest BCUT2D eigenvalue weighted by atomic mass is 127. The zero-order valence-electron chi connectivity index (χ0n) is 9.11. The second-order valence-electron chi connectivity index (χ2n) is 3.41. The number of aryl methyl sites for hydroxylation is 2. The minimum Gasteiger partial charge on any atom is -0.383 e. The molecule has 0 aliphatic carbocycles. The van der Waals surface area contributed by atoms with Crippen LogP contribution in [0.1, 0.15) is 12.6 Å². The van der Waals surface area contributed by atoms with E-state index >= 15 is 0 Å². The van der Waals surface area contributed by atoms with E-state index < -0.39 is 0 Å². The highest BCUT2D eigenvalue weighted by Gasteiger charge is 2.12. The summed E-state index contributed by atoms with van der Waals surface area (Å²) >= 11 is 2.17. The van der Waals surface area contributed by atoms with Gasteiger partial charge < -0.3 is 10.3 Å². The minimum absolute atomic E-state index is 0.519. The van der Waals surface area contributed by atoms with Gasteiger partial charge >= 0.3 is 0 Å². The summed E-state index contributed by atoms with van der Waals surface area (Å²) in [7, 11) is 1.91. The van der Waals surface area contributed by atoms with Gasteiger partial charge in [0, 0.05) is 19.4 Å². The van der Waals surface area contributed by atoms with Gasteiger partial charge in [-0.05, 0) is 29.0 Å². The van der Waals surface area contributed by atoms with E-state index in [4.69, 9.17) is 5.73 Å². The van der Waals surface area contributed by atoms with Crippen molar-refractivity contribution >= 4 is 28.4 Å². The smallest absolute Gasteiger partial charge is 0.198 e. The van der Waals surface area contributed by atoms with Gasteiger partial charge in [-0.25, -0.2) is 15.0 Å². The number of hydrogen-bond donors (Lipinski definition) is 1. The fourth-order valence-corrected chi connectivity index (χ4v) is 2.05. The molecular weight excluding hydrogens is 317 g/mol. The maximum absolute atomic E-state index is 5.86. The third-order valence-electron chi connectivity index (χ3n) is 2.30. The van der Waals surface area contributed by atoms with Crippen LogP contribution >= 0.6 is 22.6 Å². The molecular formula is C10H12IN5. The van der Waals surface area contributed by atoms with Crippen LogP contribution < -0.4 is 5.73 Å². The van der Waals surface area contributed by atoms with Gasteiger partial charge in [0.2, 0.25) is 0 Å². The molecule has 2 aromatic heterocycles. The van der Waals surface area contributed by atoms with Crippen LogP contribution in [0, 0.1) is 3.57 Å². The van der Waals surface area contributed by atoms with E-state index in [0.29, 0.717) is 11.6 Å². The molecule has 5 nitrogen and oxygen atoms in total. The fourth-order valence-electron chi connectivity index (χ4n) is 1.43. The lowest BCUT2D eigenvalue weighted by molar-refractivity contribution is 0.894. The molecule has 0 atom stereocenters. The van der Waals surface area contributed by atoms with Gasteiger partial charge in [0.15, 0.2) is 11.6 Å². The Balaban J connectivity index is 2.59. The zero-order chi connectivity index (χ0) is 11.7. The number of halogens is 1. The first-order valence-corrected chi connectivity index (χ1v) is 6.01. The van der Waals surface area contributed by atoms with Crippen LogP contribution in [-0.4, -0.2) is 19.5 Å². The summed E-state index contributed by atoms with van der Waals surface area (Å²) in [6.07, 6.45) is 4.42. The average Bonchev–Trinajstić information content (AvgIpc) is 2.68. The Hall–Kier alpha value is -1.18. The highest BCUT2D eigenvalue weighted by molar-refractivity contribution is 14.1. The van der Waals surface area contributed by atoms with Gasteiger partial charge in [0.1, 0.15) is 5.82 Å². The summed E-state index contributed by atoms with van der Waals surface area (Å²) < 4.78 is 2.80. The number of aromatic nitrogens is 4. The van der Waals surface area contributed by atoms with Crippen molar-refractivity contribution in [2.75, 3.05) is 5.73 Å². The molecule has 0 saturated heterocycles. The summed E-state index contributed by atoms with van der Waals surface area (Å²) in [6.45, 7) is 2.05. The molecule has 2 N–H and O–H groups in total. The van der Waals surface area contributed by atoms with Crippen LogP contribution in [0.15, 0.2) is 12.4 Å². The lowest BCUT2D eigenvalue weighted by Crippen LogP contribution is -2.06. The second kappa shape index (κ2) is 4.36. The minimum atomic E-state index is 0.519. The molecule has 6 heteroatoms. The molecule has 0 aliphatic rings. The molecule has 0 saturated carbocycles. The predicted octanol–water partition coefficient (Wildman–Crippen LogP) is 1.63. The van der Waals surface area contributed by atoms with Gasteiger partial charge in [0.25, 0.3) is 0 Å². The van der Waals surface area contributed by atoms with Crippen LogP contribution in [0.4, 0.5) is 5.82 Å². The molecule has 0 unspecified atom stereocenters. The van der Waals surface area contributed by atoms with Crippen LogP contribution in [0.2, 0.25) is 0 Å². The van der Waals surface area contributed by atoms with Gasteiger partial charge in [-0.2, -0.15) is 0 Å². The number of nitrogens with zero attached hydrogens (tertiary/aromatic N) is 4. The number of imidazole rings is 1. The molecule has 84 valence electrons. The standard InChI is InChI=1S/C10H12IN5/c1-3-6-7(11)8(12)15-9(14-6)10-13-4-5-16(10)2/h4-5H,3H2,1-2H3,(H2,12,14,15). The summed E-state index contributed by atoms with van der Waals surface area (Å²) in [5.74, 6) is 1.84. The molecule has 0 aliphatic heterocycles. The van der Waals surface area contributed by atoms with Crippen LogP contribution in [-0.2, 0) is 13.5 Å². The lowest BCUT2D eigenvalue weighted by Gasteiger charge is -2.07. The molecule has 0 bridgehead atoms. The van der Waals surface area contributed by atoms with Crippen molar-refractivity contribution in [3.05, 3.63) is 21.7 Å². The first kappa shape index (κ1) is 11.3. The van der Waals surface area contributed by atoms with Crippen molar-refractivity contribution in [1.82, 2.24) is 19.5 Å². The van der Waals surface area contributed by atoms with Gasteiger partial charge in [-0.15, -0.1) is 0 Å². The third-order valence-corrected chi connectivity index (χ3v) is 3.48. The molecule has 16 heavy (non-hydrogen) atoms. The molecule has 2 aromatic rings. The Labute approximate surface area is 107 Å². The molecule has 0 radical (unpaired) electrons. The topological polar surface area (TPSA) is 69.6 Å². The molecule has 2 rings (SSSR count). The molecule has 0 amide bonds. The Morgan fingerprint density at radius 2 is 2.19 bits per heavy atom. The van der Waals surface area contributed by atoms with Crippen molar-refractivity contribution in [1.29, 1.82) is 0 Å². The van der Waals surface area contributed by atoms with Crippen molar-refractivity contribution in [2.45, 2.75) is 13.3 Å². The Morgan fingerprint density at radius 1 is 1.44 bits per heavy atom. The maximum atomic E-state index is 5.86. The predicted molar refractivity (Wildman–Crippen MR) is 70.7 cm³/mol. The number of nitrogen functional groups attached to an aromatic ring is 1. The van der Waals surface area contributed by atoms with E-state index in [0.717, 1.165) is 21.5 Å². The Bertz CT molecular complexity index is 520. The first-order valence-electron chi connectivity index (χ1n) is 4.93. The summed E-state index contributed by atoms with van der Waals surface area (Å²) in [6, 6.07) is 0. The van der Waals surface area contributed by atoms with Gasteiger partial charge in [-0.1, -0.05) is 6.92 Å². The summed E-state index contributed by atoms with van der Waals surface area (Å²) in [4.78, 5) is 12.9. The normalized spacial score (nSPS) is 10.7. The molecule has 0 aromatic carbocycles. The van der Waals surface area contributed by atoms with E-state index in [-0.39, 0.29) is 0 Å².